The number of hydrogen-bond donors (Lipinski definition) is 1. The molecule has 1 amide bonds. The lowest BCUT2D eigenvalue weighted by atomic mass is 10.1. The molecule has 0 aliphatic carbocycles. The minimum atomic E-state index is -0.428. The lowest BCUT2D eigenvalue weighted by Crippen LogP contribution is -2.35. The molecule has 0 spiro atoms. The molecule has 1 aromatic rings. The maximum atomic E-state index is 12.0. The van der Waals surface area contributed by atoms with Crippen LogP contribution in [-0.4, -0.2) is 36.2 Å². The summed E-state index contributed by atoms with van der Waals surface area (Å²) in [5, 5.41) is 3.44. The Morgan fingerprint density at radius 3 is 2.81 bits per heavy atom. The maximum Gasteiger partial charge on any atom is 0.410 e. The first-order valence-corrected chi connectivity index (χ1v) is 8.11. The van der Waals surface area contributed by atoms with E-state index in [1.165, 1.54) is 0 Å². The van der Waals surface area contributed by atoms with Gasteiger partial charge in [0.25, 0.3) is 0 Å². The number of nitrogens with one attached hydrogen (secondary N) is 1. The van der Waals surface area contributed by atoms with Crippen LogP contribution in [0.15, 0.2) is 28.7 Å². The topological polar surface area (TPSA) is 41.6 Å². The van der Waals surface area contributed by atoms with E-state index in [0.29, 0.717) is 5.92 Å². The van der Waals surface area contributed by atoms with Crippen molar-refractivity contribution in [3.63, 3.8) is 0 Å². The molecular formula is C16H23BrN2O2. The van der Waals surface area contributed by atoms with Crippen LogP contribution in [0.25, 0.3) is 0 Å². The second-order valence-electron chi connectivity index (χ2n) is 6.44. The van der Waals surface area contributed by atoms with Gasteiger partial charge in [-0.2, -0.15) is 0 Å². The number of ether oxygens (including phenoxy) is 1. The van der Waals surface area contributed by atoms with E-state index in [9.17, 15) is 4.79 Å². The number of likely N-dealkylation sites (tertiary alicyclic amines) is 1. The normalized spacial score (nSPS) is 18.7. The van der Waals surface area contributed by atoms with Crippen molar-refractivity contribution in [1.82, 2.24) is 4.90 Å². The van der Waals surface area contributed by atoms with E-state index in [4.69, 9.17) is 4.74 Å². The van der Waals surface area contributed by atoms with E-state index in [-0.39, 0.29) is 6.09 Å². The summed E-state index contributed by atoms with van der Waals surface area (Å²) in [7, 11) is 0. The second kappa shape index (κ2) is 6.69. The molecule has 0 bridgehead atoms. The molecule has 21 heavy (non-hydrogen) atoms. The molecule has 0 saturated carbocycles. The highest BCUT2D eigenvalue weighted by Gasteiger charge is 2.29. The molecule has 0 aromatic heterocycles. The van der Waals surface area contributed by atoms with Crippen LogP contribution in [0.2, 0.25) is 0 Å². The van der Waals surface area contributed by atoms with E-state index in [1.54, 1.807) is 4.90 Å². The molecule has 4 nitrogen and oxygen atoms in total. The highest BCUT2D eigenvalue weighted by Crippen LogP contribution is 2.24. The molecule has 1 unspecified atom stereocenters. The highest BCUT2D eigenvalue weighted by molar-refractivity contribution is 9.10. The largest absolute Gasteiger partial charge is 0.444 e. The van der Waals surface area contributed by atoms with Crippen LogP contribution >= 0.6 is 15.9 Å². The van der Waals surface area contributed by atoms with Gasteiger partial charge in [0.05, 0.1) is 0 Å². The van der Waals surface area contributed by atoms with Crippen molar-refractivity contribution in [2.24, 2.45) is 5.92 Å². The lowest BCUT2D eigenvalue weighted by Gasteiger charge is -2.24. The third-order valence-corrected chi connectivity index (χ3v) is 4.08. The first kappa shape index (κ1) is 16.1. The van der Waals surface area contributed by atoms with Gasteiger partial charge in [0, 0.05) is 29.8 Å². The van der Waals surface area contributed by atoms with Gasteiger partial charge < -0.3 is 15.0 Å². The predicted octanol–water partition coefficient (Wildman–Crippen LogP) is 4.12. The fourth-order valence-corrected chi connectivity index (χ4v) is 2.78. The zero-order valence-electron chi connectivity index (χ0n) is 12.9. The number of para-hydroxylation sites is 1. The summed E-state index contributed by atoms with van der Waals surface area (Å²) in [4.78, 5) is 13.8. The van der Waals surface area contributed by atoms with Crippen molar-refractivity contribution in [1.29, 1.82) is 0 Å². The SMILES string of the molecule is CC(C)(C)OC(=O)N1CCC(CNc2ccccc2Br)C1. The van der Waals surface area contributed by atoms with Gasteiger partial charge in [-0.25, -0.2) is 4.79 Å². The number of halogens is 1. The number of nitrogens with zero attached hydrogens (tertiary/aromatic N) is 1. The number of anilines is 1. The summed E-state index contributed by atoms with van der Waals surface area (Å²) in [6, 6.07) is 8.07. The molecule has 2 rings (SSSR count). The summed E-state index contributed by atoms with van der Waals surface area (Å²) in [6.45, 7) is 8.08. The van der Waals surface area contributed by atoms with Crippen LogP contribution in [0.1, 0.15) is 27.2 Å². The van der Waals surface area contributed by atoms with Crippen LogP contribution in [-0.2, 0) is 4.74 Å². The smallest absolute Gasteiger partial charge is 0.410 e. The van der Waals surface area contributed by atoms with Crippen LogP contribution in [0.4, 0.5) is 10.5 Å². The maximum absolute atomic E-state index is 12.0. The Balaban J connectivity index is 1.80. The fourth-order valence-electron chi connectivity index (χ4n) is 2.35. The van der Waals surface area contributed by atoms with E-state index in [0.717, 1.165) is 36.2 Å². The quantitative estimate of drug-likeness (QED) is 0.887. The van der Waals surface area contributed by atoms with E-state index in [1.807, 2.05) is 45.0 Å². The Kier molecular flexibility index (Phi) is 5.14. The molecule has 1 fully saturated rings. The minimum Gasteiger partial charge on any atom is -0.444 e. The van der Waals surface area contributed by atoms with Crippen molar-refractivity contribution < 1.29 is 9.53 Å². The summed E-state index contributed by atoms with van der Waals surface area (Å²) in [6.07, 6.45) is 0.808. The zero-order chi connectivity index (χ0) is 15.5. The average Bonchev–Trinajstić information content (AvgIpc) is 2.85. The van der Waals surface area contributed by atoms with Crippen LogP contribution in [0.3, 0.4) is 0 Å². The van der Waals surface area contributed by atoms with E-state index >= 15 is 0 Å². The number of carbonyl (C=O) groups is 1. The van der Waals surface area contributed by atoms with E-state index in [2.05, 4.69) is 21.2 Å². The molecule has 0 radical (unpaired) electrons. The number of carbonyl (C=O) groups excluding carboxylic acids is 1. The number of amides is 1. The van der Waals surface area contributed by atoms with Crippen LogP contribution in [0, 0.1) is 5.92 Å². The Morgan fingerprint density at radius 1 is 1.43 bits per heavy atom. The van der Waals surface area contributed by atoms with Gasteiger partial charge in [0.1, 0.15) is 5.60 Å². The van der Waals surface area contributed by atoms with Gasteiger partial charge >= 0.3 is 6.09 Å². The van der Waals surface area contributed by atoms with Gasteiger partial charge in [-0.05, 0) is 61.2 Å². The molecule has 1 heterocycles. The first-order chi connectivity index (χ1) is 9.85. The fraction of sp³-hybridized carbons (Fsp3) is 0.562. The number of hydrogen-bond acceptors (Lipinski definition) is 3. The van der Waals surface area contributed by atoms with Gasteiger partial charge in [0.15, 0.2) is 0 Å². The Labute approximate surface area is 135 Å². The molecule has 1 aliphatic heterocycles. The molecule has 1 aromatic carbocycles. The molecule has 5 heteroatoms. The Bertz CT molecular complexity index is 499. The van der Waals surface area contributed by atoms with Crippen molar-refractivity contribution in [2.75, 3.05) is 25.0 Å². The first-order valence-electron chi connectivity index (χ1n) is 7.31. The van der Waals surface area contributed by atoms with Gasteiger partial charge in [0.2, 0.25) is 0 Å². The number of rotatable bonds is 3. The summed E-state index contributed by atoms with van der Waals surface area (Å²) in [5.74, 6) is 0.463. The summed E-state index contributed by atoms with van der Waals surface area (Å²) < 4.78 is 6.47. The van der Waals surface area contributed by atoms with Gasteiger partial charge in [-0.3, -0.25) is 0 Å². The van der Waals surface area contributed by atoms with Crippen LogP contribution in [0.5, 0.6) is 0 Å². The zero-order valence-corrected chi connectivity index (χ0v) is 14.4. The van der Waals surface area contributed by atoms with Gasteiger partial charge in [-0.15, -0.1) is 0 Å². The van der Waals surface area contributed by atoms with Gasteiger partial charge in [-0.1, -0.05) is 12.1 Å². The minimum absolute atomic E-state index is 0.203. The second-order valence-corrected chi connectivity index (χ2v) is 7.30. The highest BCUT2D eigenvalue weighted by atomic mass is 79.9. The average molecular weight is 355 g/mol. The third-order valence-electron chi connectivity index (χ3n) is 3.39. The molecule has 116 valence electrons. The van der Waals surface area contributed by atoms with Crippen molar-refractivity contribution in [3.05, 3.63) is 28.7 Å². The molecule has 1 saturated heterocycles. The standard InChI is InChI=1S/C16H23BrN2O2/c1-16(2,3)21-15(20)19-9-8-12(11-19)10-18-14-7-5-4-6-13(14)17/h4-7,12,18H,8-11H2,1-3H3. The molecule has 1 aliphatic rings. The molecular weight excluding hydrogens is 332 g/mol. The third kappa shape index (κ3) is 4.92. The summed E-state index contributed by atoms with van der Waals surface area (Å²) >= 11 is 3.53. The van der Waals surface area contributed by atoms with Crippen molar-refractivity contribution in [3.8, 4) is 0 Å². The summed E-state index contributed by atoms with van der Waals surface area (Å²) in [5.41, 5.74) is 0.663. The Morgan fingerprint density at radius 2 is 2.14 bits per heavy atom. The van der Waals surface area contributed by atoms with Crippen molar-refractivity contribution in [2.45, 2.75) is 32.8 Å². The lowest BCUT2D eigenvalue weighted by molar-refractivity contribution is 0.0289. The van der Waals surface area contributed by atoms with Crippen LogP contribution < -0.4 is 5.32 Å². The monoisotopic (exact) mass is 354 g/mol. The van der Waals surface area contributed by atoms with Crippen molar-refractivity contribution >= 4 is 27.7 Å². The molecule has 1 N–H and O–H groups in total. The predicted molar refractivity (Wildman–Crippen MR) is 88.5 cm³/mol. The van der Waals surface area contributed by atoms with E-state index < -0.39 is 5.60 Å². The number of benzene rings is 1. The molecule has 1 atom stereocenters. The Hall–Kier alpha value is -1.23.